The Morgan fingerprint density at radius 3 is 2.36 bits per heavy atom. The molecule has 1 aromatic rings. The van der Waals surface area contributed by atoms with Gasteiger partial charge in [0.05, 0.1) is 5.88 Å². The highest BCUT2D eigenvalue weighted by Crippen LogP contribution is 2.34. The summed E-state index contributed by atoms with van der Waals surface area (Å²) in [5, 5.41) is 2.92. The lowest BCUT2D eigenvalue weighted by molar-refractivity contribution is 0.0939. The minimum Gasteiger partial charge on any atom is -0.180 e. The van der Waals surface area contributed by atoms with Crippen molar-refractivity contribution in [3.8, 4) is 0 Å². The van der Waals surface area contributed by atoms with Gasteiger partial charge in [0.25, 0.3) is 0 Å². The number of nitrogens with zero attached hydrogens (tertiary/aromatic N) is 2. The van der Waals surface area contributed by atoms with Crippen molar-refractivity contribution in [1.29, 1.82) is 0 Å². The van der Waals surface area contributed by atoms with Gasteiger partial charge in [-0.3, -0.25) is 0 Å². The van der Waals surface area contributed by atoms with Crippen LogP contribution in [0, 0.1) is 0 Å². The lowest BCUT2D eigenvalue weighted by Crippen LogP contribution is -2.01. The minimum atomic E-state index is -3.43. The number of halogens is 4. The van der Waals surface area contributed by atoms with Crippen molar-refractivity contribution < 1.29 is 8.78 Å². The molecule has 0 aliphatic rings. The maximum absolute atomic E-state index is 12.2. The Hall–Kier alpha value is -0.0000000000000000278. The molecule has 0 amide bonds. The third kappa shape index (κ3) is 2.21. The largest absolute Gasteiger partial charge is 0.375 e. The summed E-state index contributed by atoms with van der Waals surface area (Å²) in [6.07, 6.45) is 0. The van der Waals surface area contributed by atoms with E-state index in [1.54, 1.807) is 0 Å². The monoisotopic (exact) mass is 218 g/mol. The Bertz CT molecular complexity index is 246. The minimum absolute atomic E-state index is 0.0740. The van der Waals surface area contributed by atoms with Crippen molar-refractivity contribution in [2.45, 2.75) is 11.3 Å². The fraction of sp³-hybridized carbons (Fsp3) is 0.500. The van der Waals surface area contributed by atoms with Gasteiger partial charge in [-0.25, -0.2) is 0 Å². The quantitative estimate of drug-likeness (QED) is 0.714. The average Bonchev–Trinajstić information content (AvgIpc) is 2.32. The first-order valence-electron chi connectivity index (χ1n) is 2.49. The van der Waals surface area contributed by atoms with Gasteiger partial charge in [-0.15, -0.1) is 21.8 Å². The molecule has 0 unspecified atom stereocenters. The van der Waals surface area contributed by atoms with Crippen LogP contribution in [0.5, 0.6) is 0 Å². The highest BCUT2D eigenvalue weighted by Gasteiger charge is 2.32. The number of hydrogen-bond acceptors (Lipinski definition) is 3. The lowest BCUT2D eigenvalue weighted by Gasteiger charge is -1.98. The molecule has 0 bridgehead atoms. The number of alkyl halides is 4. The van der Waals surface area contributed by atoms with E-state index in [-0.39, 0.29) is 5.88 Å². The zero-order chi connectivity index (χ0) is 8.48. The summed E-state index contributed by atoms with van der Waals surface area (Å²) >= 11 is 10.7. The highest BCUT2D eigenvalue weighted by molar-refractivity contribution is 7.11. The van der Waals surface area contributed by atoms with Crippen molar-refractivity contribution in [2.24, 2.45) is 0 Å². The molecule has 0 aromatic carbocycles. The molecule has 0 saturated carbocycles. The molecule has 2 nitrogen and oxygen atoms in total. The lowest BCUT2D eigenvalue weighted by atomic mass is 10.7. The summed E-state index contributed by atoms with van der Waals surface area (Å²) in [4.78, 5) is 0. The number of hydrogen-bond donors (Lipinski definition) is 0. The van der Waals surface area contributed by atoms with Crippen LogP contribution < -0.4 is 0 Å². The average molecular weight is 219 g/mol. The molecule has 0 fully saturated rings. The Balaban J connectivity index is 2.89. The van der Waals surface area contributed by atoms with Gasteiger partial charge in [-0.2, -0.15) is 8.78 Å². The van der Waals surface area contributed by atoms with Crippen molar-refractivity contribution in [2.75, 3.05) is 0 Å². The smallest absolute Gasteiger partial charge is 0.180 e. The molecular weight excluding hydrogens is 217 g/mol. The van der Waals surface area contributed by atoms with Crippen LogP contribution in [0.2, 0.25) is 0 Å². The fourth-order valence-corrected chi connectivity index (χ4v) is 1.35. The summed E-state index contributed by atoms with van der Waals surface area (Å²) in [5.41, 5.74) is 0. The van der Waals surface area contributed by atoms with Gasteiger partial charge in [-0.05, 0) is 11.6 Å². The van der Waals surface area contributed by atoms with Crippen molar-refractivity contribution >= 4 is 34.5 Å². The first-order valence-corrected chi connectivity index (χ1v) is 4.22. The van der Waals surface area contributed by atoms with Gasteiger partial charge in [0, 0.05) is 0 Å². The summed E-state index contributed by atoms with van der Waals surface area (Å²) < 4.78 is 24.5. The molecule has 11 heavy (non-hydrogen) atoms. The van der Waals surface area contributed by atoms with Crippen molar-refractivity contribution in [1.82, 2.24) is 10.2 Å². The molecule has 0 N–H and O–H groups in total. The van der Waals surface area contributed by atoms with Crippen molar-refractivity contribution in [3.05, 3.63) is 10.0 Å². The predicted octanol–water partition coefficient (Wildman–Crippen LogP) is 2.57. The Morgan fingerprint density at radius 2 is 2.09 bits per heavy atom. The predicted molar refractivity (Wildman–Crippen MR) is 39.2 cm³/mol. The maximum Gasteiger partial charge on any atom is 0.375 e. The zero-order valence-electron chi connectivity index (χ0n) is 5.02. The highest BCUT2D eigenvalue weighted by atomic mass is 35.5. The first kappa shape index (κ1) is 9.09. The van der Waals surface area contributed by atoms with E-state index in [0.29, 0.717) is 16.3 Å². The van der Waals surface area contributed by atoms with Gasteiger partial charge >= 0.3 is 5.38 Å². The van der Waals surface area contributed by atoms with E-state index in [9.17, 15) is 8.78 Å². The van der Waals surface area contributed by atoms with E-state index in [2.05, 4.69) is 21.8 Å². The SMILES string of the molecule is FC(F)(Cl)c1nnc(CCl)s1. The van der Waals surface area contributed by atoms with Gasteiger partial charge in [0.15, 0.2) is 0 Å². The fourth-order valence-electron chi connectivity index (χ4n) is 0.422. The molecule has 1 rings (SSSR count). The Labute approximate surface area is 75.1 Å². The molecule has 1 heterocycles. The molecule has 0 radical (unpaired) electrons. The van der Waals surface area contributed by atoms with Crippen LogP contribution in [0.15, 0.2) is 0 Å². The van der Waals surface area contributed by atoms with Crippen LogP contribution in [0.1, 0.15) is 10.0 Å². The molecule has 0 aliphatic carbocycles. The molecule has 0 saturated heterocycles. The second-order valence-electron chi connectivity index (χ2n) is 1.63. The third-order valence-electron chi connectivity index (χ3n) is 0.824. The van der Waals surface area contributed by atoms with Gasteiger partial charge in [0.1, 0.15) is 5.01 Å². The second-order valence-corrected chi connectivity index (χ2v) is 3.44. The summed E-state index contributed by atoms with van der Waals surface area (Å²) in [7, 11) is 0. The van der Waals surface area contributed by atoms with E-state index in [4.69, 9.17) is 11.6 Å². The molecular formula is C4H2Cl2F2N2S. The van der Waals surface area contributed by atoms with Crippen LogP contribution in [0.4, 0.5) is 8.78 Å². The molecule has 0 aliphatic heterocycles. The number of aromatic nitrogens is 2. The number of rotatable bonds is 2. The normalized spacial score (nSPS) is 12.0. The van der Waals surface area contributed by atoms with Crippen LogP contribution in [-0.4, -0.2) is 10.2 Å². The van der Waals surface area contributed by atoms with Gasteiger partial charge in [-0.1, -0.05) is 11.3 Å². The molecule has 0 atom stereocenters. The zero-order valence-corrected chi connectivity index (χ0v) is 7.35. The summed E-state index contributed by atoms with van der Waals surface area (Å²) in [5.74, 6) is 0.0740. The van der Waals surface area contributed by atoms with Gasteiger partial charge < -0.3 is 0 Å². The van der Waals surface area contributed by atoms with Crippen LogP contribution in [-0.2, 0) is 11.3 Å². The van der Waals surface area contributed by atoms with E-state index in [1.165, 1.54) is 0 Å². The van der Waals surface area contributed by atoms with E-state index < -0.39 is 10.4 Å². The van der Waals surface area contributed by atoms with Crippen LogP contribution >= 0.6 is 34.5 Å². The Morgan fingerprint density at radius 1 is 1.45 bits per heavy atom. The summed E-state index contributed by atoms with van der Waals surface area (Å²) in [6, 6.07) is 0. The second kappa shape index (κ2) is 3.16. The molecule has 7 heteroatoms. The molecule has 0 spiro atoms. The van der Waals surface area contributed by atoms with Crippen LogP contribution in [0.25, 0.3) is 0 Å². The van der Waals surface area contributed by atoms with E-state index in [0.717, 1.165) is 0 Å². The topological polar surface area (TPSA) is 25.8 Å². The maximum atomic E-state index is 12.2. The first-order chi connectivity index (χ1) is 5.04. The standard InChI is InChI=1S/C4H2Cl2F2N2S/c5-1-2-9-10-3(11-2)4(6,7)8/h1H2. The van der Waals surface area contributed by atoms with E-state index >= 15 is 0 Å². The molecule has 1 aromatic heterocycles. The summed E-state index contributed by atoms with van der Waals surface area (Å²) in [6.45, 7) is 0. The van der Waals surface area contributed by atoms with Crippen LogP contribution in [0.3, 0.4) is 0 Å². The van der Waals surface area contributed by atoms with Crippen molar-refractivity contribution in [3.63, 3.8) is 0 Å². The van der Waals surface area contributed by atoms with E-state index in [1.807, 2.05) is 0 Å². The molecule has 62 valence electrons. The van der Waals surface area contributed by atoms with Gasteiger partial charge in [0.2, 0.25) is 5.01 Å². The third-order valence-corrected chi connectivity index (χ3v) is 2.52. The Kier molecular flexibility index (Phi) is 2.61.